The standard InChI is InChI=1S/C50H55N3O17/c1-63-38(54)20-17-31-34(23-41(57)66-4)36(51-44(31)48(61)69-27-29-13-9-7-10-14-29)25-50(35(24-42(58)67-5)32(46(59)53-50)18-21-39(55)64-2)26-37-43(47(60)68-6)33(19-22-40(56)65-3)45(52-37)49(62)70-28-30-15-11-8-12-16-30/h7-16,51-52H,17-28H2,1-6H3,(H,53,59). The maximum atomic E-state index is 14.4. The molecule has 2 aromatic heterocycles. The molecule has 0 aliphatic carbocycles. The molecule has 3 heterocycles. The molecule has 1 aliphatic rings. The molecule has 4 aromatic rings. The van der Waals surface area contributed by atoms with E-state index in [1.165, 1.54) is 21.3 Å². The Morgan fingerprint density at radius 2 is 0.929 bits per heavy atom. The maximum Gasteiger partial charge on any atom is 0.355 e. The first-order chi connectivity index (χ1) is 33.6. The van der Waals surface area contributed by atoms with Gasteiger partial charge < -0.3 is 53.2 Å². The average Bonchev–Trinajstić information content (AvgIpc) is 3.99. The van der Waals surface area contributed by atoms with Crippen molar-refractivity contribution in [1.82, 2.24) is 15.3 Å². The zero-order valence-corrected chi connectivity index (χ0v) is 39.7. The Labute approximate surface area is 402 Å². The molecule has 3 N–H and O–H groups in total. The van der Waals surface area contributed by atoms with Gasteiger partial charge in [0.15, 0.2) is 0 Å². The zero-order chi connectivity index (χ0) is 51.0. The van der Waals surface area contributed by atoms with E-state index in [4.69, 9.17) is 37.9 Å². The van der Waals surface area contributed by atoms with Crippen LogP contribution in [0.25, 0.3) is 0 Å². The number of benzene rings is 2. The van der Waals surface area contributed by atoms with Crippen LogP contribution in [-0.4, -0.2) is 112 Å². The summed E-state index contributed by atoms with van der Waals surface area (Å²) >= 11 is 0. The van der Waals surface area contributed by atoms with E-state index in [9.17, 15) is 43.2 Å². The topological polar surface area (TPSA) is 271 Å². The lowest BCUT2D eigenvalue weighted by molar-refractivity contribution is -0.141. The molecule has 1 atom stereocenters. The molecule has 0 saturated heterocycles. The number of aromatic nitrogens is 2. The number of hydrogen-bond acceptors (Lipinski definition) is 17. The van der Waals surface area contributed by atoms with E-state index in [1.54, 1.807) is 60.7 Å². The lowest BCUT2D eigenvalue weighted by atomic mass is 9.78. The van der Waals surface area contributed by atoms with Crippen molar-refractivity contribution in [2.45, 2.75) is 83.0 Å². The lowest BCUT2D eigenvalue weighted by Crippen LogP contribution is -2.49. The largest absolute Gasteiger partial charge is 0.469 e. The molecule has 20 nitrogen and oxygen atoms in total. The normalized spacial score (nSPS) is 14.0. The van der Waals surface area contributed by atoms with Crippen molar-refractivity contribution in [3.05, 3.63) is 128 Å². The van der Waals surface area contributed by atoms with Gasteiger partial charge in [-0.15, -0.1) is 0 Å². The maximum absolute atomic E-state index is 14.4. The summed E-state index contributed by atoms with van der Waals surface area (Å²) in [6.07, 6.45) is -3.42. The van der Waals surface area contributed by atoms with Crippen molar-refractivity contribution in [1.29, 1.82) is 0 Å². The first-order valence-electron chi connectivity index (χ1n) is 22.0. The Balaban J connectivity index is 1.80. The lowest BCUT2D eigenvalue weighted by Gasteiger charge is -2.33. The van der Waals surface area contributed by atoms with Gasteiger partial charge in [0, 0.05) is 49.1 Å². The molecule has 5 rings (SSSR count). The predicted molar refractivity (Wildman–Crippen MR) is 244 cm³/mol. The van der Waals surface area contributed by atoms with Crippen molar-refractivity contribution < 1.29 is 81.0 Å². The molecule has 1 unspecified atom stereocenters. The summed E-state index contributed by atoms with van der Waals surface area (Å²) in [4.78, 5) is 127. The van der Waals surface area contributed by atoms with Crippen LogP contribution in [0, 0.1) is 0 Å². The number of esters is 8. The van der Waals surface area contributed by atoms with Gasteiger partial charge in [-0.1, -0.05) is 60.7 Å². The van der Waals surface area contributed by atoms with Crippen LogP contribution in [0.2, 0.25) is 0 Å². The Kier molecular flexibility index (Phi) is 18.8. The van der Waals surface area contributed by atoms with Gasteiger partial charge in [-0.2, -0.15) is 0 Å². The molecule has 1 amide bonds. The molecule has 0 spiro atoms. The van der Waals surface area contributed by atoms with Gasteiger partial charge in [-0.05, 0) is 52.7 Å². The fourth-order valence-corrected chi connectivity index (χ4v) is 8.26. The second-order valence-corrected chi connectivity index (χ2v) is 16.0. The fourth-order valence-electron chi connectivity index (χ4n) is 8.26. The molecule has 20 heteroatoms. The number of amides is 1. The van der Waals surface area contributed by atoms with Gasteiger partial charge in [0.1, 0.15) is 24.6 Å². The third kappa shape index (κ3) is 13.1. The van der Waals surface area contributed by atoms with Crippen molar-refractivity contribution >= 4 is 53.7 Å². The van der Waals surface area contributed by atoms with Gasteiger partial charge >= 0.3 is 47.8 Å². The highest BCUT2D eigenvalue weighted by atomic mass is 16.6. The molecular weight excluding hydrogens is 915 g/mol. The Morgan fingerprint density at radius 3 is 1.43 bits per heavy atom. The van der Waals surface area contributed by atoms with Crippen molar-refractivity contribution in [2.24, 2.45) is 0 Å². The Hall–Kier alpha value is -8.03. The summed E-state index contributed by atoms with van der Waals surface area (Å²) in [7, 11) is 6.91. The summed E-state index contributed by atoms with van der Waals surface area (Å²) in [5.74, 6) is -7.08. The van der Waals surface area contributed by atoms with E-state index in [0.717, 1.165) is 21.3 Å². The van der Waals surface area contributed by atoms with Crippen LogP contribution in [0.3, 0.4) is 0 Å². The molecule has 2 aromatic carbocycles. The third-order valence-corrected chi connectivity index (χ3v) is 11.8. The van der Waals surface area contributed by atoms with Crippen LogP contribution in [0.4, 0.5) is 0 Å². The van der Waals surface area contributed by atoms with E-state index in [0.29, 0.717) is 11.1 Å². The van der Waals surface area contributed by atoms with Crippen LogP contribution >= 0.6 is 0 Å². The van der Waals surface area contributed by atoms with Gasteiger partial charge in [-0.3, -0.25) is 28.8 Å². The molecule has 0 saturated carbocycles. The number of nitrogens with one attached hydrogen (secondary N) is 3. The van der Waals surface area contributed by atoms with Gasteiger partial charge in [-0.25, -0.2) is 14.4 Å². The smallest absolute Gasteiger partial charge is 0.355 e. The minimum Gasteiger partial charge on any atom is -0.469 e. The van der Waals surface area contributed by atoms with Crippen molar-refractivity contribution in [3.8, 4) is 0 Å². The first kappa shape index (κ1) is 52.9. The molecule has 70 heavy (non-hydrogen) atoms. The quantitative estimate of drug-likeness (QED) is 0.0654. The number of ether oxygens (including phenoxy) is 8. The SMILES string of the molecule is COC(=O)CCC1=C(CC(=O)OC)C(Cc2[nH]c(C(=O)OCc3ccccc3)c(CCC(=O)OC)c2CC(=O)OC)(Cc2[nH]c(C(=O)OCc3ccccc3)c(CCC(=O)OC)c2C(=O)OC)NC1=O. The number of aromatic amines is 2. The number of H-pyrrole nitrogens is 2. The summed E-state index contributed by atoms with van der Waals surface area (Å²) in [6.45, 7) is -0.345. The van der Waals surface area contributed by atoms with Crippen molar-refractivity contribution in [3.63, 3.8) is 0 Å². The molecule has 1 aliphatic heterocycles. The third-order valence-electron chi connectivity index (χ3n) is 11.8. The first-order valence-corrected chi connectivity index (χ1v) is 22.0. The summed E-state index contributed by atoms with van der Waals surface area (Å²) in [6, 6.07) is 17.5. The second kappa shape index (κ2) is 24.8. The van der Waals surface area contributed by atoms with E-state index in [-0.39, 0.29) is 108 Å². The predicted octanol–water partition coefficient (Wildman–Crippen LogP) is 4.24. The van der Waals surface area contributed by atoms with E-state index in [1.807, 2.05) is 0 Å². The van der Waals surface area contributed by atoms with Gasteiger partial charge in [0.05, 0.1) is 66.6 Å². The van der Waals surface area contributed by atoms with Crippen LogP contribution in [0.15, 0.2) is 71.8 Å². The highest BCUT2D eigenvalue weighted by Gasteiger charge is 2.48. The number of carbonyl (C=O) groups excluding carboxylic acids is 9. The van der Waals surface area contributed by atoms with Gasteiger partial charge in [0.2, 0.25) is 5.91 Å². The van der Waals surface area contributed by atoms with E-state index in [2.05, 4.69) is 15.3 Å². The number of rotatable bonds is 24. The molecule has 0 radical (unpaired) electrons. The monoisotopic (exact) mass is 969 g/mol. The summed E-state index contributed by atoms with van der Waals surface area (Å²) in [5.41, 5.74) is -0.674. The average molecular weight is 970 g/mol. The minimum absolute atomic E-state index is 0.00833. The van der Waals surface area contributed by atoms with E-state index < -0.39 is 84.9 Å². The van der Waals surface area contributed by atoms with Crippen molar-refractivity contribution in [2.75, 3.05) is 42.7 Å². The van der Waals surface area contributed by atoms with Crippen LogP contribution in [0.5, 0.6) is 0 Å². The van der Waals surface area contributed by atoms with Gasteiger partial charge in [0.25, 0.3) is 0 Å². The highest BCUT2D eigenvalue weighted by Crippen LogP contribution is 2.41. The molecule has 0 fully saturated rings. The van der Waals surface area contributed by atoms with Crippen LogP contribution < -0.4 is 5.32 Å². The van der Waals surface area contributed by atoms with Crippen LogP contribution in [-0.2, 0) is 112 Å². The summed E-state index contributed by atoms with van der Waals surface area (Å²) < 4.78 is 41.5. The van der Waals surface area contributed by atoms with E-state index >= 15 is 0 Å². The molecular formula is C50H55N3O17. The summed E-state index contributed by atoms with van der Waals surface area (Å²) in [5, 5.41) is 2.98. The van der Waals surface area contributed by atoms with Crippen LogP contribution in [0.1, 0.15) is 103 Å². The number of hydrogen-bond donors (Lipinski definition) is 3. The fraction of sp³-hybridized carbons (Fsp3) is 0.380. The minimum atomic E-state index is -1.85. The highest BCUT2D eigenvalue weighted by molar-refractivity contribution is 6.02. The zero-order valence-electron chi connectivity index (χ0n) is 39.7. The molecule has 0 bridgehead atoms. The number of methoxy groups -OCH3 is 6. The Bertz CT molecular complexity index is 2630. The molecule has 372 valence electrons. The second-order valence-electron chi connectivity index (χ2n) is 16.0. The number of carbonyl (C=O) groups is 9. The Morgan fingerprint density at radius 1 is 0.486 bits per heavy atom.